The van der Waals surface area contributed by atoms with E-state index in [4.69, 9.17) is 14.2 Å². The molecular weight excluding hydrogens is 254 g/mol. The molecule has 0 heterocycles. The van der Waals surface area contributed by atoms with Crippen molar-refractivity contribution in [2.24, 2.45) is 0 Å². The third-order valence-electron chi connectivity index (χ3n) is 2.51. The lowest BCUT2D eigenvalue weighted by atomic mass is 10.1. The van der Waals surface area contributed by atoms with E-state index >= 15 is 0 Å². The maximum absolute atomic E-state index is 13.7. The Morgan fingerprint density at radius 2 is 1.47 bits per heavy atom. The van der Waals surface area contributed by atoms with Crippen molar-refractivity contribution in [3.8, 4) is 0 Å². The summed E-state index contributed by atoms with van der Waals surface area (Å²) in [6.07, 6.45) is 0.0641. The molecule has 1 rings (SSSR count). The van der Waals surface area contributed by atoms with E-state index in [9.17, 15) is 8.78 Å². The SMILES string of the molecule is CCOC(Cc1ccc(F)cc1F)(OCC)OCC. The number of ether oxygens (including phenoxy) is 3. The number of hydrogen-bond donors (Lipinski definition) is 0. The fourth-order valence-electron chi connectivity index (χ4n) is 1.84. The maximum atomic E-state index is 13.7. The minimum Gasteiger partial charge on any atom is -0.327 e. The van der Waals surface area contributed by atoms with Crippen molar-refractivity contribution in [3.05, 3.63) is 35.4 Å². The lowest BCUT2D eigenvalue weighted by Crippen LogP contribution is -2.42. The minimum absolute atomic E-state index is 0.0641. The largest absolute Gasteiger partial charge is 0.327 e. The van der Waals surface area contributed by atoms with E-state index < -0.39 is 17.6 Å². The van der Waals surface area contributed by atoms with Gasteiger partial charge in [-0.25, -0.2) is 8.78 Å². The first-order valence-corrected chi connectivity index (χ1v) is 6.42. The molecule has 0 aliphatic rings. The third-order valence-corrected chi connectivity index (χ3v) is 2.51. The Balaban J connectivity index is 2.97. The van der Waals surface area contributed by atoms with Crippen molar-refractivity contribution in [2.75, 3.05) is 19.8 Å². The molecule has 0 bridgehead atoms. The van der Waals surface area contributed by atoms with Crippen molar-refractivity contribution in [1.29, 1.82) is 0 Å². The summed E-state index contributed by atoms with van der Waals surface area (Å²) < 4.78 is 43.1. The molecule has 3 nitrogen and oxygen atoms in total. The molecule has 0 aliphatic carbocycles. The highest BCUT2D eigenvalue weighted by atomic mass is 19.1. The molecule has 0 unspecified atom stereocenters. The first-order chi connectivity index (χ1) is 9.06. The second kappa shape index (κ2) is 7.53. The molecule has 0 radical (unpaired) electrons. The summed E-state index contributed by atoms with van der Waals surface area (Å²) in [5.74, 6) is -2.57. The van der Waals surface area contributed by atoms with Crippen molar-refractivity contribution in [3.63, 3.8) is 0 Å². The van der Waals surface area contributed by atoms with Gasteiger partial charge in [0.25, 0.3) is 5.97 Å². The van der Waals surface area contributed by atoms with E-state index in [1.165, 1.54) is 12.1 Å². The van der Waals surface area contributed by atoms with Crippen LogP contribution < -0.4 is 0 Å². The molecule has 0 fully saturated rings. The van der Waals surface area contributed by atoms with Crippen LogP contribution in [0.5, 0.6) is 0 Å². The molecule has 0 saturated carbocycles. The van der Waals surface area contributed by atoms with E-state index in [1.807, 2.05) is 0 Å². The predicted molar refractivity (Wildman–Crippen MR) is 67.7 cm³/mol. The highest BCUT2D eigenvalue weighted by molar-refractivity contribution is 5.19. The zero-order chi connectivity index (χ0) is 14.3. The second-order valence-corrected chi connectivity index (χ2v) is 3.89. The van der Waals surface area contributed by atoms with Gasteiger partial charge in [0, 0.05) is 25.9 Å². The van der Waals surface area contributed by atoms with Crippen LogP contribution in [0.1, 0.15) is 26.3 Å². The van der Waals surface area contributed by atoms with Gasteiger partial charge in [-0.15, -0.1) is 0 Å². The molecule has 0 spiro atoms. The average molecular weight is 274 g/mol. The Labute approximate surface area is 112 Å². The number of benzene rings is 1. The Bertz CT molecular complexity index is 379. The van der Waals surface area contributed by atoms with Gasteiger partial charge < -0.3 is 14.2 Å². The van der Waals surface area contributed by atoms with Gasteiger partial charge in [-0.2, -0.15) is 0 Å². The topological polar surface area (TPSA) is 27.7 Å². The Hall–Kier alpha value is -1.04. The number of hydrogen-bond acceptors (Lipinski definition) is 3. The highest BCUT2D eigenvalue weighted by Crippen LogP contribution is 2.24. The summed E-state index contributed by atoms with van der Waals surface area (Å²) in [4.78, 5) is 0. The fraction of sp³-hybridized carbons (Fsp3) is 0.571. The maximum Gasteiger partial charge on any atom is 0.287 e. The summed E-state index contributed by atoms with van der Waals surface area (Å²) >= 11 is 0. The van der Waals surface area contributed by atoms with Gasteiger partial charge >= 0.3 is 0 Å². The van der Waals surface area contributed by atoms with Gasteiger partial charge in [0.1, 0.15) is 11.6 Å². The second-order valence-electron chi connectivity index (χ2n) is 3.89. The van der Waals surface area contributed by atoms with Crippen LogP contribution in [0.3, 0.4) is 0 Å². The highest BCUT2D eigenvalue weighted by Gasteiger charge is 2.33. The van der Waals surface area contributed by atoms with Gasteiger partial charge in [0.05, 0.1) is 6.42 Å². The Morgan fingerprint density at radius 3 is 1.89 bits per heavy atom. The average Bonchev–Trinajstić information content (AvgIpc) is 2.34. The van der Waals surface area contributed by atoms with E-state index in [-0.39, 0.29) is 12.0 Å². The van der Waals surface area contributed by atoms with Crippen LogP contribution in [0, 0.1) is 11.6 Å². The lowest BCUT2D eigenvalue weighted by Gasteiger charge is -2.32. The van der Waals surface area contributed by atoms with Gasteiger partial charge in [0.2, 0.25) is 0 Å². The molecular formula is C14H20F2O3. The third kappa shape index (κ3) is 4.53. The van der Waals surface area contributed by atoms with Gasteiger partial charge in [-0.3, -0.25) is 0 Å². The minimum atomic E-state index is -1.32. The molecule has 0 amide bonds. The summed E-state index contributed by atoms with van der Waals surface area (Å²) in [6, 6.07) is 3.41. The summed E-state index contributed by atoms with van der Waals surface area (Å²) in [7, 11) is 0. The van der Waals surface area contributed by atoms with E-state index in [0.717, 1.165) is 6.07 Å². The lowest BCUT2D eigenvalue weighted by molar-refractivity contribution is -0.376. The smallest absolute Gasteiger partial charge is 0.287 e. The number of halogens is 2. The first kappa shape index (κ1) is 16.0. The van der Waals surface area contributed by atoms with Crippen LogP contribution in [0.2, 0.25) is 0 Å². The predicted octanol–water partition coefficient (Wildman–Crippen LogP) is 3.27. The monoisotopic (exact) mass is 274 g/mol. The van der Waals surface area contributed by atoms with Crippen molar-refractivity contribution in [1.82, 2.24) is 0 Å². The molecule has 5 heteroatoms. The molecule has 1 aromatic carbocycles. The van der Waals surface area contributed by atoms with Crippen molar-refractivity contribution >= 4 is 0 Å². The van der Waals surface area contributed by atoms with E-state index in [0.29, 0.717) is 19.8 Å². The van der Waals surface area contributed by atoms with Crippen LogP contribution in [-0.2, 0) is 20.6 Å². The van der Waals surface area contributed by atoms with Crippen molar-refractivity contribution < 1.29 is 23.0 Å². The van der Waals surface area contributed by atoms with Gasteiger partial charge in [-0.1, -0.05) is 6.07 Å². The molecule has 19 heavy (non-hydrogen) atoms. The standard InChI is InChI=1S/C14H20F2O3/c1-4-17-14(18-5-2,19-6-3)10-11-7-8-12(15)9-13(11)16/h7-9H,4-6,10H2,1-3H3. The van der Waals surface area contributed by atoms with E-state index in [2.05, 4.69) is 0 Å². The van der Waals surface area contributed by atoms with Crippen LogP contribution in [0.4, 0.5) is 8.78 Å². The van der Waals surface area contributed by atoms with Crippen LogP contribution in [0.15, 0.2) is 18.2 Å². The van der Waals surface area contributed by atoms with Gasteiger partial charge in [0.15, 0.2) is 0 Å². The summed E-state index contributed by atoms with van der Waals surface area (Å²) in [6.45, 7) is 6.49. The normalized spacial score (nSPS) is 11.8. The Morgan fingerprint density at radius 1 is 0.947 bits per heavy atom. The molecule has 0 saturated heterocycles. The number of rotatable bonds is 8. The van der Waals surface area contributed by atoms with E-state index in [1.54, 1.807) is 20.8 Å². The Kier molecular flexibility index (Phi) is 6.34. The quantitative estimate of drug-likeness (QED) is 0.681. The molecule has 1 aromatic rings. The zero-order valence-electron chi connectivity index (χ0n) is 11.5. The molecule has 0 aliphatic heterocycles. The molecule has 0 N–H and O–H groups in total. The fourth-order valence-corrected chi connectivity index (χ4v) is 1.84. The summed E-state index contributed by atoms with van der Waals surface area (Å²) in [5.41, 5.74) is 0.289. The van der Waals surface area contributed by atoms with Gasteiger partial charge in [-0.05, 0) is 32.4 Å². The zero-order valence-corrected chi connectivity index (χ0v) is 11.5. The van der Waals surface area contributed by atoms with Crippen LogP contribution in [-0.4, -0.2) is 25.8 Å². The molecule has 0 atom stereocenters. The molecule has 108 valence electrons. The first-order valence-electron chi connectivity index (χ1n) is 6.42. The summed E-state index contributed by atoms with van der Waals surface area (Å²) in [5, 5.41) is 0. The van der Waals surface area contributed by atoms with Crippen LogP contribution in [0.25, 0.3) is 0 Å². The van der Waals surface area contributed by atoms with Crippen molar-refractivity contribution in [2.45, 2.75) is 33.2 Å². The molecule has 0 aromatic heterocycles. The van der Waals surface area contributed by atoms with Crippen LogP contribution >= 0.6 is 0 Å².